The second-order valence-corrected chi connectivity index (χ2v) is 7.94. The third kappa shape index (κ3) is 5.49. The summed E-state index contributed by atoms with van der Waals surface area (Å²) in [6.07, 6.45) is 1.87. The number of thiophene rings is 1. The second-order valence-electron chi connectivity index (χ2n) is 4.94. The molecule has 120 valence electrons. The molecule has 0 amide bonds. The molecule has 0 unspecified atom stereocenters. The Morgan fingerprint density at radius 3 is 2.64 bits per heavy atom. The van der Waals surface area contributed by atoms with Gasteiger partial charge in [-0.25, -0.2) is 17.5 Å². The zero-order chi connectivity index (χ0) is 16.0. The number of hydrogen-bond acceptors (Lipinski definition) is 4. The van der Waals surface area contributed by atoms with Crippen molar-refractivity contribution in [3.05, 3.63) is 47.1 Å². The zero-order valence-electron chi connectivity index (χ0n) is 12.3. The first kappa shape index (κ1) is 17.1. The van der Waals surface area contributed by atoms with Crippen molar-refractivity contribution in [2.24, 2.45) is 0 Å². The number of rotatable bonds is 8. The van der Waals surface area contributed by atoms with E-state index < -0.39 is 10.0 Å². The van der Waals surface area contributed by atoms with Crippen molar-refractivity contribution < 1.29 is 12.8 Å². The van der Waals surface area contributed by atoms with E-state index in [1.54, 1.807) is 23.5 Å². The summed E-state index contributed by atoms with van der Waals surface area (Å²) < 4.78 is 37.9. The maximum Gasteiger partial charge on any atom is 0.208 e. The molecule has 1 aromatic heterocycles. The Labute approximate surface area is 134 Å². The summed E-state index contributed by atoms with van der Waals surface area (Å²) in [4.78, 5) is 2.03. The lowest BCUT2D eigenvalue weighted by atomic mass is 10.2. The van der Waals surface area contributed by atoms with Crippen molar-refractivity contribution in [3.8, 4) is 10.4 Å². The Morgan fingerprint density at radius 2 is 1.91 bits per heavy atom. The molecule has 4 nitrogen and oxygen atoms in total. The highest BCUT2D eigenvalue weighted by Gasteiger charge is 2.07. The molecule has 0 aliphatic carbocycles. The number of sulfonamides is 1. The Bertz CT molecular complexity index is 714. The molecule has 0 spiro atoms. The van der Waals surface area contributed by atoms with Crippen molar-refractivity contribution in [1.82, 2.24) is 10.0 Å². The molecule has 0 aliphatic rings. The van der Waals surface area contributed by atoms with Crippen LogP contribution in [0.3, 0.4) is 0 Å². The van der Waals surface area contributed by atoms with Gasteiger partial charge in [0.2, 0.25) is 10.0 Å². The van der Waals surface area contributed by atoms with Crippen LogP contribution in [0.25, 0.3) is 10.4 Å². The summed E-state index contributed by atoms with van der Waals surface area (Å²) in [5, 5.41) is 3.25. The minimum atomic E-state index is -3.11. The first-order chi connectivity index (χ1) is 10.5. The van der Waals surface area contributed by atoms with Crippen molar-refractivity contribution in [3.63, 3.8) is 0 Å². The van der Waals surface area contributed by atoms with Crippen LogP contribution in [0, 0.1) is 5.82 Å². The summed E-state index contributed by atoms with van der Waals surface area (Å²) in [5.74, 6) is -0.212. The number of benzene rings is 1. The highest BCUT2D eigenvalue weighted by Crippen LogP contribution is 2.29. The highest BCUT2D eigenvalue weighted by molar-refractivity contribution is 7.88. The van der Waals surface area contributed by atoms with E-state index in [9.17, 15) is 12.8 Å². The highest BCUT2D eigenvalue weighted by atomic mass is 32.2. The molecule has 0 saturated heterocycles. The van der Waals surface area contributed by atoms with Gasteiger partial charge >= 0.3 is 0 Å². The monoisotopic (exact) mass is 342 g/mol. The minimum Gasteiger partial charge on any atom is -0.312 e. The normalized spacial score (nSPS) is 11.7. The van der Waals surface area contributed by atoms with E-state index >= 15 is 0 Å². The average Bonchev–Trinajstić information content (AvgIpc) is 2.90. The van der Waals surface area contributed by atoms with Gasteiger partial charge in [0.05, 0.1) is 6.26 Å². The Hall–Kier alpha value is -1.28. The van der Waals surface area contributed by atoms with Gasteiger partial charge in [0.1, 0.15) is 5.82 Å². The van der Waals surface area contributed by atoms with Crippen LogP contribution in [0.1, 0.15) is 11.3 Å². The predicted octanol–water partition coefficient (Wildman–Crippen LogP) is 2.58. The van der Waals surface area contributed by atoms with Gasteiger partial charge in [-0.3, -0.25) is 0 Å². The maximum absolute atomic E-state index is 13.7. The molecule has 1 heterocycles. The molecule has 2 aromatic rings. The van der Waals surface area contributed by atoms with Gasteiger partial charge in [-0.05, 0) is 31.2 Å². The predicted molar refractivity (Wildman–Crippen MR) is 88.9 cm³/mol. The number of halogens is 1. The van der Waals surface area contributed by atoms with Gasteiger partial charge in [0.25, 0.3) is 0 Å². The molecule has 0 aliphatic heterocycles. The van der Waals surface area contributed by atoms with Crippen LogP contribution in [-0.4, -0.2) is 27.8 Å². The average molecular weight is 342 g/mol. The van der Waals surface area contributed by atoms with Crippen LogP contribution < -0.4 is 10.0 Å². The molecule has 22 heavy (non-hydrogen) atoms. The van der Waals surface area contributed by atoms with Crippen molar-refractivity contribution in [2.75, 3.05) is 19.3 Å². The smallest absolute Gasteiger partial charge is 0.208 e. The topological polar surface area (TPSA) is 58.2 Å². The molecule has 2 N–H and O–H groups in total. The van der Waals surface area contributed by atoms with Gasteiger partial charge in [0, 0.05) is 28.4 Å². The Kier molecular flexibility index (Phi) is 6.07. The van der Waals surface area contributed by atoms with Gasteiger partial charge in [-0.15, -0.1) is 11.3 Å². The first-order valence-corrected chi connectivity index (χ1v) is 9.65. The van der Waals surface area contributed by atoms with Gasteiger partial charge < -0.3 is 5.32 Å². The Balaban J connectivity index is 1.77. The summed E-state index contributed by atoms with van der Waals surface area (Å²) in [7, 11) is -3.11. The molecule has 0 bridgehead atoms. The SMILES string of the molecule is CS(=O)(=O)NCCCNCc1ccc(-c2ccccc2F)s1. The molecule has 0 radical (unpaired) electrons. The fourth-order valence-electron chi connectivity index (χ4n) is 1.96. The van der Waals surface area contributed by atoms with Crippen molar-refractivity contribution in [2.45, 2.75) is 13.0 Å². The van der Waals surface area contributed by atoms with E-state index in [-0.39, 0.29) is 5.82 Å². The molecule has 2 rings (SSSR count). The summed E-state index contributed by atoms with van der Waals surface area (Å²) in [6.45, 7) is 1.84. The lowest BCUT2D eigenvalue weighted by Crippen LogP contribution is -2.26. The molecular weight excluding hydrogens is 323 g/mol. The van der Waals surface area contributed by atoms with Crippen LogP contribution in [0.15, 0.2) is 36.4 Å². The number of nitrogens with one attached hydrogen (secondary N) is 2. The summed E-state index contributed by atoms with van der Waals surface area (Å²) in [5.41, 5.74) is 0.621. The standard InChI is InChI=1S/C15H19FN2O2S2/c1-22(19,20)18-10-4-9-17-11-12-7-8-15(21-12)13-5-2-3-6-14(13)16/h2-3,5-8,17-18H,4,9-11H2,1H3. The van der Waals surface area contributed by atoms with E-state index in [2.05, 4.69) is 10.0 Å². The third-order valence-corrected chi connectivity index (χ3v) is 4.84. The lowest BCUT2D eigenvalue weighted by molar-refractivity contribution is 0.579. The Morgan fingerprint density at radius 1 is 1.14 bits per heavy atom. The molecule has 0 fully saturated rings. The van der Waals surface area contributed by atoms with Crippen LogP contribution >= 0.6 is 11.3 Å². The maximum atomic E-state index is 13.7. The second kappa shape index (κ2) is 7.82. The van der Waals surface area contributed by atoms with Crippen LogP contribution in [0.5, 0.6) is 0 Å². The fourth-order valence-corrected chi connectivity index (χ4v) is 3.48. The van der Waals surface area contributed by atoms with E-state index in [1.165, 1.54) is 6.07 Å². The molecule has 0 saturated carbocycles. The van der Waals surface area contributed by atoms with E-state index in [4.69, 9.17) is 0 Å². The van der Waals surface area contributed by atoms with E-state index in [1.807, 2.05) is 18.2 Å². The minimum absolute atomic E-state index is 0.212. The summed E-state index contributed by atoms with van der Waals surface area (Å²) >= 11 is 1.55. The van der Waals surface area contributed by atoms with Crippen LogP contribution in [0.4, 0.5) is 4.39 Å². The first-order valence-electron chi connectivity index (χ1n) is 6.95. The van der Waals surface area contributed by atoms with Gasteiger partial charge in [-0.1, -0.05) is 18.2 Å². The van der Waals surface area contributed by atoms with E-state index in [0.29, 0.717) is 18.7 Å². The largest absolute Gasteiger partial charge is 0.312 e. The number of hydrogen-bond donors (Lipinski definition) is 2. The molecule has 1 aromatic carbocycles. The zero-order valence-corrected chi connectivity index (χ0v) is 13.9. The molecular formula is C15H19FN2O2S2. The fraction of sp³-hybridized carbons (Fsp3) is 0.333. The van der Waals surface area contributed by atoms with E-state index in [0.717, 1.165) is 29.0 Å². The van der Waals surface area contributed by atoms with Gasteiger partial charge in [0.15, 0.2) is 0 Å². The van der Waals surface area contributed by atoms with Crippen molar-refractivity contribution in [1.29, 1.82) is 0 Å². The van der Waals surface area contributed by atoms with Crippen LogP contribution in [-0.2, 0) is 16.6 Å². The van der Waals surface area contributed by atoms with Gasteiger partial charge in [-0.2, -0.15) is 0 Å². The molecule has 7 heteroatoms. The third-order valence-electron chi connectivity index (χ3n) is 2.99. The molecule has 0 atom stereocenters. The summed E-state index contributed by atoms with van der Waals surface area (Å²) in [6, 6.07) is 10.6. The van der Waals surface area contributed by atoms with Crippen LogP contribution in [0.2, 0.25) is 0 Å². The van der Waals surface area contributed by atoms with Crippen molar-refractivity contribution >= 4 is 21.4 Å². The lowest BCUT2D eigenvalue weighted by Gasteiger charge is -2.04. The quantitative estimate of drug-likeness (QED) is 0.725.